The number of carbonyl (C=O) groups is 2. The van der Waals surface area contributed by atoms with E-state index in [0.717, 1.165) is 12.1 Å². The predicted molar refractivity (Wildman–Crippen MR) is 93.0 cm³/mol. The average Bonchev–Trinajstić information content (AvgIpc) is 2.61. The van der Waals surface area contributed by atoms with Gasteiger partial charge in [0, 0.05) is 29.9 Å². The lowest BCUT2D eigenvalue weighted by molar-refractivity contribution is -0.384. The molecule has 136 valence electrons. The van der Waals surface area contributed by atoms with Crippen LogP contribution in [-0.4, -0.2) is 30.5 Å². The zero-order valence-electron chi connectivity index (χ0n) is 13.4. The summed E-state index contributed by atoms with van der Waals surface area (Å²) in [6, 6.07) is 7.26. The second-order valence-corrected chi connectivity index (χ2v) is 5.42. The molecular formula is C16H13ClFN3O5. The Kier molecular flexibility index (Phi) is 6.07. The summed E-state index contributed by atoms with van der Waals surface area (Å²) in [5.41, 5.74) is -0.234. The molecule has 0 aliphatic carbocycles. The van der Waals surface area contributed by atoms with E-state index in [1.807, 2.05) is 0 Å². The highest BCUT2D eigenvalue weighted by atomic mass is 35.5. The number of nitrogens with one attached hydrogen (secondary N) is 2. The number of nitro benzene ring substituents is 1. The Morgan fingerprint density at radius 1 is 1.23 bits per heavy atom. The molecule has 0 aliphatic heterocycles. The second kappa shape index (κ2) is 8.26. The number of non-ortho nitro benzene ring substituents is 1. The second-order valence-electron chi connectivity index (χ2n) is 4.99. The highest BCUT2D eigenvalue weighted by Gasteiger charge is 2.19. The van der Waals surface area contributed by atoms with Gasteiger partial charge in [-0.05, 0) is 24.3 Å². The number of amides is 1. The number of carbonyl (C=O) groups excluding carboxylic acids is 2. The van der Waals surface area contributed by atoms with Gasteiger partial charge in [-0.1, -0.05) is 11.6 Å². The van der Waals surface area contributed by atoms with Crippen molar-refractivity contribution in [3.63, 3.8) is 0 Å². The molecule has 1 amide bonds. The van der Waals surface area contributed by atoms with Crippen LogP contribution in [0.25, 0.3) is 0 Å². The number of ether oxygens (including phenoxy) is 1. The Hall–Kier alpha value is -3.20. The summed E-state index contributed by atoms with van der Waals surface area (Å²) in [6.45, 7) is -0.702. The molecule has 0 heterocycles. The molecule has 0 unspecified atom stereocenters. The van der Waals surface area contributed by atoms with E-state index in [4.69, 9.17) is 16.3 Å². The fraction of sp³-hybridized carbons (Fsp3) is 0.125. The zero-order chi connectivity index (χ0) is 19.3. The van der Waals surface area contributed by atoms with Crippen LogP contribution < -0.4 is 10.6 Å². The third-order valence-corrected chi connectivity index (χ3v) is 3.48. The van der Waals surface area contributed by atoms with Gasteiger partial charge in [-0.15, -0.1) is 0 Å². The number of halogens is 2. The molecule has 0 fully saturated rings. The summed E-state index contributed by atoms with van der Waals surface area (Å²) in [4.78, 5) is 34.1. The summed E-state index contributed by atoms with van der Waals surface area (Å²) in [5, 5.41) is 15.9. The van der Waals surface area contributed by atoms with Crippen molar-refractivity contribution in [2.75, 3.05) is 24.3 Å². The standard InChI is InChI=1S/C16H13ClFN3O5/c1-19-13-5-3-10(21(24)25)7-11(13)16(23)26-8-15(22)20-14-4-2-9(17)6-12(14)18/h2-7,19H,8H2,1H3,(H,20,22). The Morgan fingerprint density at radius 3 is 2.54 bits per heavy atom. The first-order valence-corrected chi connectivity index (χ1v) is 7.58. The van der Waals surface area contributed by atoms with Crippen LogP contribution in [0.1, 0.15) is 10.4 Å². The van der Waals surface area contributed by atoms with E-state index in [9.17, 15) is 24.1 Å². The first kappa shape index (κ1) is 19.1. The Morgan fingerprint density at radius 2 is 1.92 bits per heavy atom. The molecule has 0 atom stereocenters. The lowest BCUT2D eigenvalue weighted by Gasteiger charge is -2.10. The summed E-state index contributed by atoms with van der Waals surface area (Å²) in [7, 11) is 1.52. The molecule has 0 spiro atoms. The molecule has 26 heavy (non-hydrogen) atoms. The van der Waals surface area contributed by atoms with Crippen LogP contribution in [0.4, 0.5) is 21.5 Å². The van der Waals surface area contributed by atoms with Gasteiger partial charge < -0.3 is 15.4 Å². The minimum Gasteiger partial charge on any atom is -0.452 e. The van der Waals surface area contributed by atoms with Crippen molar-refractivity contribution in [2.45, 2.75) is 0 Å². The molecule has 0 radical (unpaired) electrons. The van der Waals surface area contributed by atoms with E-state index < -0.39 is 29.2 Å². The lowest BCUT2D eigenvalue weighted by atomic mass is 10.1. The summed E-state index contributed by atoms with van der Waals surface area (Å²) in [6.07, 6.45) is 0. The molecule has 0 aliphatic rings. The Balaban J connectivity index is 2.05. The highest BCUT2D eigenvalue weighted by Crippen LogP contribution is 2.23. The monoisotopic (exact) mass is 381 g/mol. The molecule has 2 rings (SSSR count). The van der Waals surface area contributed by atoms with Crippen LogP contribution in [0.3, 0.4) is 0 Å². The van der Waals surface area contributed by atoms with E-state index in [1.54, 1.807) is 0 Å². The van der Waals surface area contributed by atoms with Gasteiger partial charge in [-0.25, -0.2) is 9.18 Å². The van der Waals surface area contributed by atoms with Crippen LogP contribution >= 0.6 is 11.6 Å². The Labute approximate surface area is 152 Å². The summed E-state index contributed by atoms with van der Waals surface area (Å²) < 4.78 is 18.5. The van der Waals surface area contributed by atoms with E-state index in [0.29, 0.717) is 5.69 Å². The number of nitrogens with zero attached hydrogens (tertiary/aromatic N) is 1. The molecular weight excluding hydrogens is 369 g/mol. The van der Waals surface area contributed by atoms with Crippen molar-refractivity contribution < 1.29 is 23.6 Å². The average molecular weight is 382 g/mol. The third kappa shape index (κ3) is 4.67. The molecule has 0 aromatic heterocycles. The van der Waals surface area contributed by atoms with Gasteiger partial charge in [0.05, 0.1) is 16.2 Å². The molecule has 2 aromatic rings. The van der Waals surface area contributed by atoms with Gasteiger partial charge in [-0.3, -0.25) is 14.9 Å². The maximum absolute atomic E-state index is 13.6. The van der Waals surface area contributed by atoms with Gasteiger partial charge >= 0.3 is 5.97 Å². The number of esters is 1. The number of benzene rings is 2. The van der Waals surface area contributed by atoms with Gasteiger partial charge in [-0.2, -0.15) is 0 Å². The van der Waals surface area contributed by atoms with Crippen molar-refractivity contribution in [3.8, 4) is 0 Å². The fourth-order valence-corrected chi connectivity index (χ4v) is 2.18. The maximum Gasteiger partial charge on any atom is 0.341 e. The molecule has 0 saturated carbocycles. The normalized spacial score (nSPS) is 10.1. The molecule has 2 N–H and O–H groups in total. The number of nitro groups is 1. The smallest absolute Gasteiger partial charge is 0.341 e. The number of hydrogen-bond acceptors (Lipinski definition) is 6. The fourth-order valence-electron chi connectivity index (χ4n) is 2.02. The number of hydrogen-bond donors (Lipinski definition) is 2. The van der Waals surface area contributed by atoms with Gasteiger partial charge in [0.2, 0.25) is 0 Å². The van der Waals surface area contributed by atoms with Crippen molar-refractivity contribution >= 4 is 40.5 Å². The van der Waals surface area contributed by atoms with Crippen molar-refractivity contribution in [1.29, 1.82) is 0 Å². The first-order chi connectivity index (χ1) is 12.3. The van der Waals surface area contributed by atoms with E-state index in [2.05, 4.69) is 10.6 Å². The van der Waals surface area contributed by atoms with Crippen LogP contribution in [0, 0.1) is 15.9 Å². The largest absolute Gasteiger partial charge is 0.452 e. The predicted octanol–water partition coefficient (Wildman–Crippen LogP) is 3.22. The quantitative estimate of drug-likeness (QED) is 0.451. The van der Waals surface area contributed by atoms with Gasteiger partial charge in [0.1, 0.15) is 5.82 Å². The number of rotatable bonds is 6. The van der Waals surface area contributed by atoms with Crippen LogP contribution in [0.5, 0.6) is 0 Å². The van der Waals surface area contributed by atoms with Gasteiger partial charge in [0.15, 0.2) is 6.61 Å². The molecule has 8 nitrogen and oxygen atoms in total. The van der Waals surface area contributed by atoms with Crippen molar-refractivity contribution in [3.05, 3.63) is 62.9 Å². The number of anilines is 2. The zero-order valence-corrected chi connectivity index (χ0v) is 14.2. The third-order valence-electron chi connectivity index (χ3n) is 3.24. The first-order valence-electron chi connectivity index (χ1n) is 7.20. The molecule has 0 bridgehead atoms. The topological polar surface area (TPSA) is 111 Å². The van der Waals surface area contributed by atoms with E-state index in [1.165, 1.54) is 31.3 Å². The molecule has 0 saturated heterocycles. The Bertz CT molecular complexity index is 875. The van der Waals surface area contributed by atoms with Crippen LogP contribution in [0.2, 0.25) is 5.02 Å². The highest BCUT2D eigenvalue weighted by molar-refractivity contribution is 6.30. The van der Waals surface area contributed by atoms with Crippen LogP contribution in [0.15, 0.2) is 36.4 Å². The summed E-state index contributed by atoms with van der Waals surface area (Å²) >= 11 is 5.61. The lowest BCUT2D eigenvalue weighted by Crippen LogP contribution is -2.22. The van der Waals surface area contributed by atoms with Crippen molar-refractivity contribution in [1.82, 2.24) is 0 Å². The summed E-state index contributed by atoms with van der Waals surface area (Å²) in [5.74, 6) is -2.46. The molecule has 2 aromatic carbocycles. The minimum absolute atomic E-state index is 0.104. The minimum atomic E-state index is -0.940. The van der Waals surface area contributed by atoms with E-state index in [-0.39, 0.29) is 22.0 Å². The van der Waals surface area contributed by atoms with Gasteiger partial charge in [0.25, 0.3) is 11.6 Å². The van der Waals surface area contributed by atoms with Crippen molar-refractivity contribution in [2.24, 2.45) is 0 Å². The van der Waals surface area contributed by atoms with E-state index >= 15 is 0 Å². The SMILES string of the molecule is CNc1ccc([N+](=O)[O-])cc1C(=O)OCC(=O)Nc1ccc(Cl)cc1F. The maximum atomic E-state index is 13.6. The van der Waals surface area contributed by atoms with Crippen LogP contribution in [-0.2, 0) is 9.53 Å². The molecule has 10 heteroatoms.